The van der Waals surface area contributed by atoms with Gasteiger partial charge in [0, 0.05) is 5.69 Å². The van der Waals surface area contributed by atoms with Crippen LogP contribution in [0.25, 0.3) is 0 Å². The van der Waals surface area contributed by atoms with E-state index in [1.165, 1.54) is 18.5 Å². The van der Waals surface area contributed by atoms with E-state index in [1.807, 2.05) is 0 Å². The summed E-state index contributed by atoms with van der Waals surface area (Å²) in [6.07, 6.45) is 2.46. The maximum absolute atomic E-state index is 13.4. The van der Waals surface area contributed by atoms with Crippen LogP contribution in [0.15, 0.2) is 30.6 Å². The van der Waals surface area contributed by atoms with Crippen LogP contribution in [0.5, 0.6) is 0 Å². The van der Waals surface area contributed by atoms with Crippen LogP contribution in [-0.2, 0) is 0 Å². The number of aromatic carboxylic acids is 1. The number of rotatable bonds is 3. The van der Waals surface area contributed by atoms with Gasteiger partial charge in [0.2, 0.25) is 0 Å². The van der Waals surface area contributed by atoms with Gasteiger partial charge in [-0.3, -0.25) is 9.78 Å². The topological polar surface area (TPSA) is 92.2 Å². The zero-order chi connectivity index (χ0) is 14.7. The number of halogens is 2. The summed E-state index contributed by atoms with van der Waals surface area (Å²) in [4.78, 5) is 29.9. The molecular weight excluding hydrogens is 289 g/mol. The quantitative estimate of drug-likeness (QED) is 0.906. The first-order valence-corrected chi connectivity index (χ1v) is 5.67. The molecule has 0 saturated heterocycles. The fourth-order valence-electron chi connectivity index (χ4n) is 1.41. The Balaban J connectivity index is 2.20. The first kappa shape index (κ1) is 13.9. The number of benzene rings is 1. The Morgan fingerprint density at radius 1 is 1.30 bits per heavy atom. The number of aromatic nitrogens is 2. The maximum Gasteiger partial charge on any atom is 0.338 e. The van der Waals surface area contributed by atoms with Crippen LogP contribution in [0.2, 0.25) is 5.15 Å². The molecule has 0 aliphatic heterocycles. The number of anilines is 1. The summed E-state index contributed by atoms with van der Waals surface area (Å²) in [5.41, 5.74) is -0.426. The molecule has 2 rings (SSSR count). The van der Waals surface area contributed by atoms with Gasteiger partial charge in [-0.2, -0.15) is 0 Å². The molecule has 0 spiro atoms. The molecule has 2 aromatic rings. The molecule has 0 bridgehead atoms. The highest BCUT2D eigenvalue weighted by Gasteiger charge is 2.13. The molecule has 1 heterocycles. The molecule has 6 nitrogen and oxygen atoms in total. The fraction of sp³-hybridized carbons (Fsp3) is 0. The molecule has 0 radical (unpaired) electrons. The average molecular weight is 296 g/mol. The van der Waals surface area contributed by atoms with Gasteiger partial charge in [0.25, 0.3) is 5.91 Å². The SMILES string of the molecule is O=C(Nc1ccc(C(=O)O)c(F)c1)c1cncc(Cl)n1. The minimum absolute atomic E-state index is 0.0415. The van der Waals surface area contributed by atoms with Crippen molar-refractivity contribution in [2.24, 2.45) is 0 Å². The van der Waals surface area contributed by atoms with Crippen molar-refractivity contribution in [2.45, 2.75) is 0 Å². The van der Waals surface area contributed by atoms with E-state index in [2.05, 4.69) is 15.3 Å². The highest BCUT2D eigenvalue weighted by molar-refractivity contribution is 6.29. The van der Waals surface area contributed by atoms with Gasteiger partial charge >= 0.3 is 5.97 Å². The number of carbonyl (C=O) groups excluding carboxylic acids is 1. The highest BCUT2D eigenvalue weighted by Crippen LogP contribution is 2.15. The van der Waals surface area contributed by atoms with Crippen molar-refractivity contribution < 1.29 is 19.1 Å². The van der Waals surface area contributed by atoms with Crippen molar-refractivity contribution in [3.63, 3.8) is 0 Å². The molecule has 102 valence electrons. The first-order chi connectivity index (χ1) is 9.47. The van der Waals surface area contributed by atoms with E-state index in [0.717, 1.165) is 12.1 Å². The number of carbonyl (C=O) groups is 2. The van der Waals surface area contributed by atoms with E-state index in [0.29, 0.717) is 0 Å². The third-order valence-electron chi connectivity index (χ3n) is 2.30. The summed E-state index contributed by atoms with van der Waals surface area (Å²) in [5, 5.41) is 11.1. The number of amides is 1. The second-order valence-corrected chi connectivity index (χ2v) is 4.07. The zero-order valence-corrected chi connectivity index (χ0v) is 10.6. The second kappa shape index (κ2) is 5.62. The molecule has 0 atom stereocenters. The van der Waals surface area contributed by atoms with Gasteiger partial charge in [0.15, 0.2) is 0 Å². The van der Waals surface area contributed by atoms with Crippen LogP contribution < -0.4 is 5.32 Å². The van der Waals surface area contributed by atoms with Crippen molar-refractivity contribution in [2.75, 3.05) is 5.32 Å². The lowest BCUT2D eigenvalue weighted by molar-refractivity contribution is 0.0692. The molecular formula is C12H7ClFN3O3. The Morgan fingerprint density at radius 2 is 2.05 bits per heavy atom. The van der Waals surface area contributed by atoms with Gasteiger partial charge in [-0.15, -0.1) is 0 Å². The smallest absolute Gasteiger partial charge is 0.338 e. The molecule has 2 N–H and O–H groups in total. The van der Waals surface area contributed by atoms with Crippen molar-refractivity contribution in [1.29, 1.82) is 0 Å². The third-order valence-corrected chi connectivity index (χ3v) is 2.48. The number of carboxylic acids is 1. The van der Waals surface area contributed by atoms with Crippen molar-refractivity contribution in [3.05, 3.63) is 52.8 Å². The standard InChI is InChI=1S/C12H7ClFN3O3/c13-10-5-15-4-9(17-10)11(18)16-6-1-2-7(12(19)20)8(14)3-6/h1-5H,(H,16,18)(H,19,20). The minimum Gasteiger partial charge on any atom is -0.478 e. The van der Waals surface area contributed by atoms with Gasteiger partial charge in [-0.25, -0.2) is 14.2 Å². The monoisotopic (exact) mass is 295 g/mol. The Morgan fingerprint density at radius 3 is 2.65 bits per heavy atom. The van der Waals surface area contributed by atoms with Crippen molar-refractivity contribution >= 4 is 29.2 Å². The molecule has 0 unspecified atom stereocenters. The van der Waals surface area contributed by atoms with E-state index in [4.69, 9.17) is 16.7 Å². The zero-order valence-electron chi connectivity index (χ0n) is 9.80. The lowest BCUT2D eigenvalue weighted by Crippen LogP contribution is -2.14. The minimum atomic E-state index is -1.39. The third kappa shape index (κ3) is 3.07. The summed E-state index contributed by atoms with van der Waals surface area (Å²) in [6.45, 7) is 0. The predicted octanol–water partition coefficient (Wildman–Crippen LogP) is 2.22. The summed E-state index contributed by atoms with van der Waals surface area (Å²) in [7, 11) is 0. The van der Waals surface area contributed by atoms with Crippen molar-refractivity contribution in [3.8, 4) is 0 Å². The lowest BCUT2D eigenvalue weighted by atomic mass is 10.2. The first-order valence-electron chi connectivity index (χ1n) is 5.29. The van der Waals surface area contributed by atoms with E-state index in [9.17, 15) is 14.0 Å². The number of nitrogens with one attached hydrogen (secondary N) is 1. The normalized spacial score (nSPS) is 10.1. The molecule has 0 fully saturated rings. The van der Waals surface area contributed by atoms with Crippen LogP contribution in [0, 0.1) is 5.82 Å². The van der Waals surface area contributed by atoms with E-state index in [-0.39, 0.29) is 16.5 Å². The Bertz CT molecular complexity index is 693. The molecule has 1 aromatic carbocycles. The van der Waals surface area contributed by atoms with Crippen LogP contribution in [0.3, 0.4) is 0 Å². The average Bonchev–Trinajstić information content (AvgIpc) is 2.38. The summed E-state index contributed by atoms with van der Waals surface area (Å²) in [6, 6.07) is 3.22. The summed E-state index contributed by atoms with van der Waals surface area (Å²) < 4.78 is 13.4. The Kier molecular flexibility index (Phi) is 3.90. The number of nitrogens with zero attached hydrogens (tertiary/aromatic N) is 2. The van der Waals surface area contributed by atoms with Gasteiger partial charge in [0.1, 0.15) is 16.7 Å². The van der Waals surface area contributed by atoms with E-state index >= 15 is 0 Å². The molecule has 20 heavy (non-hydrogen) atoms. The van der Waals surface area contributed by atoms with Gasteiger partial charge in [-0.05, 0) is 18.2 Å². The summed E-state index contributed by atoms with van der Waals surface area (Å²) in [5.74, 6) is -2.98. The number of hydrogen-bond acceptors (Lipinski definition) is 4. The molecule has 0 aliphatic carbocycles. The van der Waals surface area contributed by atoms with Crippen LogP contribution in [0.4, 0.5) is 10.1 Å². The fourth-order valence-corrected chi connectivity index (χ4v) is 1.56. The summed E-state index contributed by atoms with van der Waals surface area (Å²) >= 11 is 5.59. The highest BCUT2D eigenvalue weighted by atomic mass is 35.5. The number of hydrogen-bond donors (Lipinski definition) is 2. The number of carboxylic acid groups (broad SMARTS) is 1. The Labute approximate surface area is 117 Å². The van der Waals surface area contributed by atoms with Gasteiger partial charge in [0.05, 0.1) is 18.0 Å². The van der Waals surface area contributed by atoms with Gasteiger partial charge < -0.3 is 10.4 Å². The van der Waals surface area contributed by atoms with Crippen LogP contribution >= 0.6 is 11.6 Å². The Hall–Kier alpha value is -2.54. The predicted molar refractivity (Wildman–Crippen MR) is 68.4 cm³/mol. The molecule has 8 heteroatoms. The van der Waals surface area contributed by atoms with E-state index < -0.39 is 23.3 Å². The van der Waals surface area contributed by atoms with E-state index in [1.54, 1.807) is 0 Å². The van der Waals surface area contributed by atoms with Crippen LogP contribution in [0.1, 0.15) is 20.8 Å². The molecule has 0 saturated carbocycles. The van der Waals surface area contributed by atoms with Crippen LogP contribution in [-0.4, -0.2) is 27.0 Å². The maximum atomic E-state index is 13.4. The lowest BCUT2D eigenvalue weighted by Gasteiger charge is -2.05. The second-order valence-electron chi connectivity index (χ2n) is 3.68. The molecule has 0 aliphatic rings. The van der Waals surface area contributed by atoms with Crippen molar-refractivity contribution in [1.82, 2.24) is 9.97 Å². The van der Waals surface area contributed by atoms with Gasteiger partial charge in [-0.1, -0.05) is 11.6 Å². The largest absolute Gasteiger partial charge is 0.478 e. The molecule has 1 aromatic heterocycles. The molecule has 1 amide bonds.